The van der Waals surface area contributed by atoms with E-state index >= 15 is 0 Å². The number of carbonyl (C=O) groups excluding carboxylic acids is 2. The SMILES string of the molecule is COc1cccc(NC(=O)NCCNC(=O)c2c(F)cccc2F)c1. The van der Waals surface area contributed by atoms with Crippen molar-refractivity contribution in [3.63, 3.8) is 0 Å². The highest BCUT2D eigenvalue weighted by molar-refractivity contribution is 5.94. The number of hydrogen-bond acceptors (Lipinski definition) is 3. The number of nitrogens with one attached hydrogen (secondary N) is 3. The summed E-state index contributed by atoms with van der Waals surface area (Å²) < 4.78 is 31.9. The molecule has 0 aromatic heterocycles. The average molecular weight is 349 g/mol. The predicted octanol–water partition coefficient (Wildman–Crippen LogP) is 2.52. The molecule has 25 heavy (non-hydrogen) atoms. The normalized spacial score (nSPS) is 10.0. The molecule has 0 heterocycles. The van der Waals surface area contributed by atoms with Crippen molar-refractivity contribution in [2.45, 2.75) is 0 Å². The standard InChI is InChI=1S/C17H17F2N3O3/c1-25-12-5-2-4-11(10-12)22-17(24)21-9-8-20-16(23)15-13(18)6-3-7-14(15)19/h2-7,10H,8-9H2,1H3,(H,20,23)(H2,21,22,24). The number of carbonyl (C=O) groups is 2. The van der Waals surface area contributed by atoms with Crippen molar-refractivity contribution < 1.29 is 23.1 Å². The van der Waals surface area contributed by atoms with Crippen LogP contribution in [0.1, 0.15) is 10.4 Å². The van der Waals surface area contributed by atoms with Crippen LogP contribution >= 0.6 is 0 Å². The van der Waals surface area contributed by atoms with Gasteiger partial charge in [-0.2, -0.15) is 0 Å². The van der Waals surface area contributed by atoms with Crippen LogP contribution in [0.2, 0.25) is 0 Å². The van der Waals surface area contributed by atoms with Gasteiger partial charge in [-0.25, -0.2) is 13.6 Å². The Balaban J connectivity index is 1.77. The lowest BCUT2D eigenvalue weighted by Gasteiger charge is -2.10. The zero-order valence-electron chi connectivity index (χ0n) is 13.4. The molecule has 0 spiro atoms. The van der Waals surface area contributed by atoms with E-state index in [4.69, 9.17) is 4.74 Å². The van der Waals surface area contributed by atoms with Gasteiger partial charge in [0.05, 0.1) is 7.11 Å². The lowest BCUT2D eigenvalue weighted by molar-refractivity contribution is 0.0945. The highest BCUT2D eigenvalue weighted by atomic mass is 19.1. The molecule has 132 valence electrons. The molecule has 3 N–H and O–H groups in total. The number of hydrogen-bond donors (Lipinski definition) is 3. The summed E-state index contributed by atoms with van der Waals surface area (Å²) in [4.78, 5) is 23.5. The molecule has 0 aliphatic carbocycles. The molecule has 0 unspecified atom stereocenters. The van der Waals surface area contributed by atoms with Gasteiger partial charge in [0.15, 0.2) is 0 Å². The number of anilines is 1. The van der Waals surface area contributed by atoms with Crippen molar-refractivity contribution in [2.24, 2.45) is 0 Å². The zero-order chi connectivity index (χ0) is 18.2. The molecule has 0 bridgehead atoms. The van der Waals surface area contributed by atoms with Crippen LogP contribution in [-0.4, -0.2) is 32.1 Å². The first kappa shape index (κ1) is 18.2. The summed E-state index contributed by atoms with van der Waals surface area (Å²) in [7, 11) is 1.51. The van der Waals surface area contributed by atoms with Crippen molar-refractivity contribution in [1.82, 2.24) is 10.6 Å². The quantitative estimate of drug-likeness (QED) is 0.701. The van der Waals surface area contributed by atoms with Crippen molar-refractivity contribution >= 4 is 17.6 Å². The van der Waals surface area contributed by atoms with Crippen molar-refractivity contribution in [3.05, 3.63) is 59.7 Å². The third kappa shape index (κ3) is 5.17. The van der Waals surface area contributed by atoms with Gasteiger partial charge in [-0.05, 0) is 24.3 Å². The molecule has 0 fully saturated rings. The van der Waals surface area contributed by atoms with E-state index in [2.05, 4.69) is 16.0 Å². The smallest absolute Gasteiger partial charge is 0.319 e. The summed E-state index contributed by atoms with van der Waals surface area (Å²) >= 11 is 0. The summed E-state index contributed by atoms with van der Waals surface area (Å²) in [5.74, 6) is -2.18. The first-order valence-electron chi connectivity index (χ1n) is 7.42. The molecule has 0 aliphatic heterocycles. The maximum atomic E-state index is 13.5. The van der Waals surface area contributed by atoms with Crippen LogP contribution in [0.15, 0.2) is 42.5 Å². The van der Waals surface area contributed by atoms with E-state index in [0.717, 1.165) is 12.1 Å². The van der Waals surface area contributed by atoms with E-state index in [1.54, 1.807) is 24.3 Å². The molecule has 2 aromatic carbocycles. The molecule has 2 rings (SSSR count). The first-order valence-corrected chi connectivity index (χ1v) is 7.42. The Morgan fingerprint density at radius 3 is 2.32 bits per heavy atom. The van der Waals surface area contributed by atoms with Crippen LogP contribution < -0.4 is 20.7 Å². The molecular formula is C17H17F2N3O3. The van der Waals surface area contributed by atoms with E-state index in [-0.39, 0.29) is 13.1 Å². The molecule has 0 atom stereocenters. The second-order valence-electron chi connectivity index (χ2n) is 4.97. The van der Waals surface area contributed by atoms with Gasteiger partial charge in [0.2, 0.25) is 0 Å². The Hall–Kier alpha value is -3.16. The fraction of sp³-hybridized carbons (Fsp3) is 0.176. The minimum atomic E-state index is -0.943. The Morgan fingerprint density at radius 2 is 1.64 bits per heavy atom. The van der Waals surface area contributed by atoms with Gasteiger partial charge in [-0.1, -0.05) is 12.1 Å². The molecular weight excluding hydrogens is 332 g/mol. The molecule has 0 radical (unpaired) electrons. The summed E-state index contributed by atoms with van der Waals surface area (Å²) in [5.41, 5.74) is -0.113. The number of rotatable bonds is 6. The van der Waals surface area contributed by atoms with E-state index in [0.29, 0.717) is 11.4 Å². The molecule has 0 saturated heterocycles. The van der Waals surface area contributed by atoms with Gasteiger partial charge < -0.3 is 20.7 Å². The lowest BCUT2D eigenvalue weighted by Crippen LogP contribution is -2.37. The van der Waals surface area contributed by atoms with Crippen molar-refractivity contribution in [2.75, 3.05) is 25.5 Å². The number of methoxy groups -OCH3 is 1. The van der Waals surface area contributed by atoms with Crippen LogP contribution in [0, 0.1) is 11.6 Å². The topological polar surface area (TPSA) is 79.5 Å². The number of halogens is 2. The second-order valence-corrected chi connectivity index (χ2v) is 4.97. The Bertz CT molecular complexity index is 748. The largest absolute Gasteiger partial charge is 0.497 e. The second kappa shape index (κ2) is 8.62. The Morgan fingerprint density at radius 1 is 1.00 bits per heavy atom. The minimum Gasteiger partial charge on any atom is -0.497 e. The van der Waals surface area contributed by atoms with Gasteiger partial charge in [0.1, 0.15) is 22.9 Å². The summed E-state index contributed by atoms with van der Waals surface area (Å²) in [6, 6.07) is 9.46. The van der Waals surface area contributed by atoms with Gasteiger partial charge >= 0.3 is 6.03 Å². The maximum absolute atomic E-state index is 13.5. The van der Waals surface area contributed by atoms with Gasteiger partial charge in [-0.15, -0.1) is 0 Å². The molecule has 0 saturated carbocycles. The summed E-state index contributed by atoms with van der Waals surface area (Å²) in [5, 5.41) is 7.44. The van der Waals surface area contributed by atoms with Crippen LogP contribution in [0.25, 0.3) is 0 Å². The lowest BCUT2D eigenvalue weighted by atomic mass is 10.2. The number of urea groups is 1. The van der Waals surface area contributed by atoms with Crippen LogP contribution in [0.3, 0.4) is 0 Å². The van der Waals surface area contributed by atoms with Crippen LogP contribution in [0.5, 0.6) is 5.75 Å². The summed E-state index contributed by atoms with van der Waals surface area (Å²) in [6.45, 7) is 0.0930. The first-order chi connectivity index (χ1) is 12.0. The van der Waals surface area contributed by atoms with Gasteiger partial charge in [0, 0.05) is 24.8 Å². The zero-order valence-corrected chi connectivity index (χ0v) is 13.4. The Labute approximate surface area is 143 Å². The highest BCUT2D eigenvalue weighted by Crippen LogP contribution is 2.16. The highest BCUT2D eigenvalue weighted by Gasteiger charge is 2.16. The fourth-order valence-electron chi connectivity index (χ4n) is 2.03. The third-order valence-electron chi connectivity index (χ3n) is 3.21. The van der Waals surface area contributed by atoms with E-state index < -0.39 is 29.1 Å². The molecule has 3 amide bonds. The fourth-order valence-corrected chi connectivity index (χ4v) is 2.03. The number of ether oxygens (including phenoxy) is 1. The van der Waals surface area contributed by atoms with Crippen molar-refractivity contribution in [3.8, 4) is 5.75 Å². The molecule has 0 aliphatic rings. The van der Waals surface area contributed by atoms with Gasteiger partial charge in [-0.3, -0.25) is 4.79 Å². The number of amides is 3. The van der Waals surface area contributed by atoms with Crippen LogP contribution in [0.4, 0.5) is 19.3 Å². The van der Waals surface area contributed by atoms with E-state index in [9.17, 15) is 18.4 Å². The van der Waals surface area contributed by atoms with Crippen molar-refractivity contribution in [1.29, 1.82) is 0 Å². The summed E-state index contributed by atoms with van der Waals surface area (Å²) in [6.07, 6.45) is 0. The molecule has 8 heteroatoms. The molecule has 2 aromatic rings. The van der Waals surface area contributed by atoms with Crippen LogP contribution in [-0.2, 0) is 0 Å². The average Bonchev–Trinajstić information content (AvgIpc) is 2.58. The maximum Gasteiger partial charge on any atom is 0.319 e. The third-order valence-corrected chi connectivity index (χ3v) is 3.21. The monoisotopic (exact) mass is 349 g/mol. The number of benzene rings is 2. The Kier molecular flexibility index (Phi) is 6.27. The molecule has 6 nitrogen and oxygen atoms in total. The van der Waals surface area contributed by atoms with E-state index in [1.165, 1.54) is 13.2 Å². The predicted molar refractivity (Wildman–Crippen MR) is 88.7 cm³/mol. The minimum absolute atomic E-state index is 0.0120. The van der Waals surface area contributed by atoms with Gasteiger partial charge in [0.25, 0.3) is 5.91 Å². The van der Waals surface area contributed by atoms with E-state index in [1.807, 2.05) is 0 Å².